The molecule has 0 saturated carbocycles. The number of carbonyl (C=O) groups excluding carboxylic acids is 1. The molecule has 0 aliphatic heterocycles. The predicted molar refractivity (Wildman–Crippen MR) is 98.3 cm³/mol. The molecule has 156 valence electrons. The molecule has 0 aromatic rings. The molecule has 0 atom stereocenters. The van der Waals surface area contributed by atoms with Gasteiger partial charge in [0.2, 0.25) is 0 Å². The van der Waals surface area contributed by atoms with Crippen LogP contribution >= 0.6 is 0 Å². The number of ether oxygens (including phenoxy) is 6. The van der Waals surface area contributed by atoms with E-state index >= 15 is 0 Å². The normalized spacial score (nSPS) is 11.0. The Bertz CT molecular complexity index is 293. The number of rotatable bonds is 21. The molecule has 2 N–H and O–H groups in total. The van der Waals surface area contributed by atoms with E-state index < -0.39 is 0 Å². The third-order valence-electron chi connectivity index (χ3n) is 3.23. The van der Waals surface area contributed by atoms with Gasteiger partial charge in [-0.2, -0.15) is 0 Å². The Morgan fingerprint density at radius 1 is 0.654 bits per heavy atom. The van der Waals surface area contributed by atoms with Gasteiger partial charge in [-0.3, -0.25) is 4.79 Å². The Hall–Kier alpha value is -0.770. The van der Waals surface area contributed by atoms with Crippen molar-refractivity contribution < 1.29 is 33.2 Å². The number of hydrogen-bond donors (Lipinski definition) is 1. The fourth-order valence-electron chi connectivity index (χ4n) is 1.87. The van der Waals surface area contributed by atoms with E-state index in [1.807, 2.05) is 0 Å². The smallest absolute Gasteiger partial charge is 0.305 e. The van der Waals surface area contributed by atoms with Crippen LogP contribution in [0.4, 0.5) is 0 Å². The molecule has 8 heteroatoms. The van der Waals surface area contributed by atoms with Crippen molar-refractivity contribution >= 4 is 5.97 Å². The second-order valence-electron chi connectivity index (χ2n) is 5.53. The van der Waals surface area contributed by atoms with Crippen LogP contribution in [-0.4, -0.2) is 85.2 Å². The van der Waals surface area contributed by atoms with E-state index in [4.69, 9.17) is 34.2 Å². The predicted octanol–water partition coefficient (Wildman–Crippen LogP) is 1.15. The van der Waals surface area contributed by atoms with E-state index in [1.54, 1.807) is 0 Å². The van der Waals surface area contributed by atoms with Crippen LogP contribution < -0.4 is 5.73 Å². The maximum atomic E-state index is 11.3. The number of carbonyl (C=O) groups is 1. The van der Waals surface area contributed by atoms with Gasteiger partial charge in [0.1, 0.15) is 6.61 Å². The number of esters is 1. The first-order valence-corrected chi connectivity index (χ1v) is 9.55. The molecule has 0 bridgehead atoms. The summed E-state index contributed by atoms with van der Waals surface area (Å²) in [4.78, 5) is 11.3. The molecule has 26 heavy (non-hydrogen) atoms. The van der Waals surface area contributed by atoms with Crippen molar-refractivity contribution in [3.8, 4) is 0 Å². The Labute approximate surface area is 157 Å². The van der Waals surface area contributed by atoms with Gasteiger partial charge in [0.25, 0.3) is 0 Å². The Kier molecular flexibility index (Phi) is 21.6. The van der Waals surface area contributed by atoms with Crippen molar-refractivity contribution in [2.45, 2.75) is 32.6 Å². The highest BCUT2D eigenvalue weighted by molar-refractivity contribution is 5.69. The lowest BCUT2D eigenvalue weighted by atomic mass is 10.2. The number of hydrogen-bond acceptors (Lipinski definition) is 8. The van der Waals surface area contributed by atoms with Crippen LogP contribution in [0.1, 0.15) is 32.6 Å². The van der Waals surface area contributed by atoms with Gasteiger partial charge >= 0.3 is 5.97 Å². The van der Waals surface area contributed by atoms with E-state index in [2.05, 4.69) is 6.92 Å². The van der Waals surface area contributed by atoms with E-state index in [9.17, 15) is 4.79 Å². The van der Waals surface area contributed by atoms with Crippen LogP contribution in [0.25, 0.3) is 0 Å². The maximum Gasteiger partial charge on any atom is 0.305 e. The van der Waals surface area contributed by atoms with Gasteiger partial charge in [0, 0.05) is 13.0 Å². The average molecular weight is 379 g/mol. The maximum absolute atomic E-state index is 11.3. The van der Waals surface area contributed by atoms with Gasteiger partial charge in [-0.15, -0.1) is 0 Å². The Balaban J connectivity index is 3.06. The highest BCUT2D eigenvalue weighted by Gasteiger charge is 2.01. The van der Waals surface area contributed by atoms with Crippen LogP contribution in [0, 0.1) is 0 Å². The first kappa shape index (κ1) is 25.2. The SMILES string of the molecule is CCCCCC(=O)OCCOCCOCCOCCOCCOCCN. The average Bonchev–Trinajstić information content (AvgIpc) is 2.64. The largest absolute Gasteiger partial charge is 0.463 e. The monoisotopic (exact) mass is 379 g/mol. The molecule has 0 aromatic carbocycles. The molecular weight excluding hydrogens is 342 g/mol. The van der Waals surface area contributed by atoms with Crippen LogP contribution in [0.3, 0.4) is 0 Å². The zero-order chi connectivity index (χ0) is 19.1. The molecular formula is C18H37NO7. The highest BCUT2D eigenvalue weighted by atomic mass is 16.6. The minimum Gasteiger partial charge on any atom is -0.463 e. The van der Waals surface area contributed by atoms with E-state index in [-0.39, 0.29) is 5.97 Å². The summed E-state index contributed by atoms with van der Waals surface area (Å²) in [5, 5.41) is 0. The summed E-state index contributed by atoms with van der Waals surface area (Å²) in [7, 11) is 0. The Morgan fingerprint density at radius 2 is 1.08 bits per heavy atom. The number of nitrogens with two attached hydrogens (primary N) is 1. The summed E-state index contributed by atoms with van der Waals surface area (Å²) >= 11 is 0. The van der Waals surface area contributed by atoms with Gasteiger partial charge in [-0.05, 0) is 6.42 Å². The standard InChI is InChI=1S/C18H37NO7/c1-2-3-4-5-18(20)26-17-16-25-15-14-24-13-12-23-11-10-22-9-8-21-7-6-19/h2-17,19H2,1H3. The minimum atomic E-state index is -0.150. The van der Waals surface area contributed by atoms with Gasteiger partial charge < -0.3 is 34.2 Å². The second-order valence-corrected chi connectivity index (χ2v) is 5.53. The molecule has 0 heterocycles. The van der Waals surface area contributed by atoms with Crippen molar-refractivity contribution in [1.29, 1.82) is 0 Å². The molecule has 0 aliphatic carbocycles. The molecule has 0 amide bonds. The first-order valence-electron chi connectivity index (χ1n) is 9.55. The van der Waals surface area contributed by atoms with Gasteiger partial charge in [-0.25, -0.2) is 0 Å². The minimum absolute atomic E-state index is 0.150. The lowest BCUT2D eigenvalue weighted by Crippen LogP contribution is -2.15. The summed E-state index contributed by atoms with van der Waals surface area (Å²) in [6.07, 6.45) is 3.54. The quantitative estimate of drug-likeness (QED) is 0.234. The van der Waals surface area contributed by atoms with E-state index in [0.29, 0.717) is 85.6 Å². The molecule has 0 aliphatic rings. The number of unbranched alkanes of at least 4 members (excludes halogenated alkanes) is 2. The van der Waals surface area contributed by atoms with E-state index in [0.717, 1.165) is 19.3 Å². The lowest BCUT2D eigenvalue weighted by molar-refractivity contribution is -0.145. The van der Waals surface area contributed by atoms with Crippen molar-refractivity contribution in [1.82, 2.24) is 0 Å². The zero-order valence-corrected chi connectivity index (χ0v) is 16.2. The van der Waals surface area contributed by atoms with Gasteiger partial charge in [0.05, 0.1) is 66.1 Å². The fourth-order valence-corrected chi connectivity index (χ4v) is 1.87. The lowest BCUT2D eigenvalue weighted by Gasteiger charge is -2.08. The molecule has 0 rings (SSSR count). The first-order chi connectivity index (χ1) is 12.8. The zero-order valence-electron chi connectivity index (χ0n) is 16.2. The van der Waals surface area contributed by atoms with Crippen LogP contribution in [-0.2, 0) is 33.2 Å². The van der Waals surface area contributed by atoms with Crippen LogP contribution in [0.15, 0.2) is 0 Å². The summed E-state index contributed by atoms with van der Waals surface area (Å²) < 4.78 is 31.6. The third kappa shape index (κ3) is 21.3. The van der Waals surface area contributed by atoms with E-state index in [1.165, 1.54) is 0 Å². The fraction of sp³-hybridized carbons (Fsp3) is 0.944. The highest BCUT2D eigenvalue weighted by Crippen LogP contribution is 2.00. The van der Waals surface area contributed by atoms with Crippen LogP contribution in [0.5, 0.6) is 0 Å². The molecule has 0 fully saturated rings. The third-order valence-corrected chi connectivity index (χ3v) is 3.23. The summed E-state index contributed by atoms with van der Waals surface area (Å²) in [5.41, 5.74) is 5.30. The molecule has 0 saturated heterocycles. The Morgan fingerprint density at radius 3 is 1.50 bits per heavy atom. The summed E-state index contributed by atoms with van der Waals surface area (Å²) in [6.45, 7) is 8.03. The molecule has 0 spiro atoms. The van der Waals surface area contributed by atoms with Crippen molar-refractivity contribution in [2.24, 2.45) is 5.73 Å². The van der Waals surface area contributed by atoms with Gasteiger partial charge in [-0.1, -0.05) is 19.8 Å². The van der Waals surface area contributed by atoms with Crippen LogP contribution in [0.2, 0.25) is 0 Å². The summed E-state index contributed by atoms with van der Waals surface area (Å²) in [6, 6.07) is 0. The topological polar surface area (TPSA) is 98.5 Å². The second kappa shape index (κ2) is 22.3. The van der Waals surface area contributed by atoms with Gasteiger partial charge in [0.15, 0.2) is 0 Å². The molecule has 0 unspecified atom stereocenters. The molecule has 8 nitrogen and oxygen atoms in total. The van der Waals surface area contributed by atoms with Crippen molar-refractivity contribution in [3.05, 3.63) is 0 Å². The molecule has 0 aromatic heterocycles. The van der Waals surface area contributed by atoms with Crippen molar-refractivity contribution in [3.63, 3.8) is 0 Å². The van der Waals surface area contributed by atoms with Crippen molar-refractivity contribution in [2.75, 3.05) is 79.2 Å². The summed E-state index contributed by atoms with van der Waals surface area (Å²) in [5.74, 6) is -0.150. The molecule has 0 radical (unpaired) electrons.